The van der Waals surface area contributed by atoms with E-state index in [2.05, 4.69) is 0 Å². The number of fused-ring (bicyclic) bond motifs is 1. The van der Waals surface area contributed by atoms with Crippen LogP contribution in [0.25, 0.3) is 33.0 Å². The van der Waals surface area contributed by atoms with Gasteiger partial charge in [-0.05, 0) is 46.2 Å². The molecule has 28 heavy (non-hydrogen) atoms. The quantitative estimate of drug-likeness (QED) is 0.326. The van der Waals surface area contributed by atoms with Crippen LogP contribution in [-0.4, -0.2) is 9.85 Å². The molecule has 6 heteroatoms. The van der Waals surface area contributed by atoms with Gasteiger partial charge >= 0.3 is 0 Å². The van der Waals surface area contributed by atoms with E-state index in [1.54, 1.807) is 36.4 Å². The highest BCUT2D eigenvalue weighted by atomic mass is 16.6. The van der Waals surface area contributed by atoms with Crippen molar-refractivity contribution in [3.63, 3.8) is 0 Å². The largest absolute Gasteiger partial charge is 0.277 e. The standard InChI is InChI=1S/C22H14N2O4/c25-23(26)21-7-3-1-5-19(21)17-11-9-16-14-18(12-10-15(16)13-17)20-6-2-4-8-22(20)24(27)28/h1-14H. The third-order valence-electron chi connectivity index (χ3n) is 4.66. The number of nitrogens with zero attached hydrogens (tertiary/aromatic N) is 2. The van der Waals surface area contributed by atoms with Crippen molar-refractivity contribution in [2.75, 3.05) is 0 Å². The van der Waals surface area contributed by atoms with E-state index in [1.165, 1.54) is 12.1 Å². The number of para-hydroxylation sites is 2. The number of hydrogen-bond donors (Lipinski definition) is 0. The Bertz CT molecular complexity index is 1140. The van der Waals surface area contributed by atoms with E-state index in [0.717, 1.165) is 21.9 Å². The molecule has 0 bridgehead atoms. The van der Waals surface area contributed by atoms with E-state index in [-0.39, 0.29) is 11.4 Å². The third-order valence-corrected chi connectivity index (χ3v) is 4.66. The van der Waals surface area contributed by atoms with Crippen molar-refractivity contribution >= 4 is 22.1 Å². The molecule has 0 spiro atoms. The minimum absolute atomic E-state index is 0.0541. The van der Waals surface area contributed by atoms with Crippen molar-refractivity contribution in [2.24, 2.45) is 0 Å². The van der Waals surface area contributed by atoms with Crippen molar-refractivity contribution in [1.82, 2.24) is 0 Å². The van der Waals surface area contributed by atoms with E-state index < -0.39 is 9.85 Å². The second-order valence-corrected chi connectivity index (χ2v) is 6.33. The summed E-state index contributed by atoms with van der Waals surface area (Å²) in [4.78, 5) is 21.8. The first-order valence-electron chi connectivity index (χ1n) is 8.56. The predicted octanol–water partition coefficient (Wildman–Crippen LogP) is 5.99. The molecule has 0 aliphatic heterocycles. The molecule has 0 saturated carbocycles. The fraction of sp³-hybridized carbons (Fsp3) is 0. The normalized spacial score (nSPS) is 10.7. The molecule has 0 atom stereocenters. The number of benzene rings is 4. The maximum absolute atomic E-state index is 11.3. The maximum Gasteiger partial charge on any atom is 0.277 e. The lowest BCUT2D eigenvalue weighted by molar-refractivity contribution is -0.384. The molecule has 0 heterocycles. The topological polar surface area (TPSA) is 86.3 Å². The molecule has 0 radical (unpaired) electrons. The first-order chi connectivity index (χ1) is 13.5. The Labute approximate surface area is 160 Å². The van der Waals surface area contributed by atoms with Gasteiger partial charge in [-0.15, -0.1) is 0 Å². The Morgan fingerprint density at radius 3 is 1.32 bits per heavy atom. The summed E-state index contributed by atoms with van der Waals surface area (Å²) < 4.78 is 0. The first kappa shape index (κ1) is 17.4. The van der Waals surface area contributed by atoms with Gasteiger partial charge in [-0.1, -0.05) is 48.5 Å². The van der Waals surface area contributed by atoms with Crippen molar-refractivity contribution in [3.8, 4) is 22.3 Å². The molecular weight excluding hydrogens is 356 g/mol. The van der Waals surface area contributed by atoms with Crippen LogP contribution in [-0.2, 0) is 0 Å². The summed E-state index contributed by atoms with van der Waals surface area (Å²) >= 11 is 0. The second kappa shape index (κ2) is 6.92. The van der Waals surface area contributed by atoms with Gasteiger partial charge in [-0.3, -0.25) is 20.2 Å². The lowest BCUT2D eigenvalue weighted by Gasteiger charge is -2.08. The summed E-state index contributed by atoms with van der Waals surface area (Å²) in [6.07, 6.45) is 0. The molecule has 0 unspecified atom stereocenters. The van der Waals surface area contributed by atoms with E-state index in [0.29, 0.717) is 11.1 Å². The third kappa shape index (κ3) is 3.07. The lowest BCUT2D eigenvalue weighted by Crippen LogP contribution is -1.92. The molecule has 0 saturated heterocycles. The Balaban J connectivity index is 1.82. The van der Waals surface area contributed by atoms with Gasteiger partial charge < -0.3 is 0 Å². The van der Waals surface area contributed by atoms with Gasteiger partial charge in [-0.2, -0.15) is 0 Å². The van der Waals surface area contributed by atoms with Gasteiger partial charge in [0.05, 0.1) is 21.0 Å². The van der Waals surface area contributed by atoms with Gasteiger partial charge in [0.15, 0.2) is 0 Å². The van der Waals surface area contributed by atoms with Crippen molar-refractivity contribution < 1.29 is 9.85 Å². The van der Waals surface area contributed by atoms with E-state index in [1.807, 2.05) is 36.4 Å². The molecule has 0 amide bonds. The molecule has 0 N–H and O–H groups in total. The minimum atomic E-state index is -0.392. The summed E-state index contributed by atoms with van der Waals surface area (Å²) in [5.41, 5.74) is 2.71. The predicted molar refractivity (Wildman–Crippen MR) is 108 cm³/mol. The van der Waals surface area contributed by atoms with Gasteiger partial charge in [0.25, 0.3) is 11.4 Å². The highest BCUT2D eigenvalue weighted by Crippen LogP contribution is 2.34. The summed E-state index contributed by atoms with van der Waals surface area (Å²) in [5.74, 6) is 0. The summed E-state index contributed by atoms with van der Waals surface area (Å²) in [6, 6.07) is 24.4. The SMILES string of the molecule is O=[N+]([O-])c1ccccc1-c1ccc2cc(-c3ccccc3[N+](=O)[O-])ccc2c1. The Morgan fingerprint density at radius 2 is 0.929 bits per heavy atom. The number of nitro benzene ring substituents is 2. The number of hydrogen-bond acceptors (Lipinski definition) is 4. The van der Waals surface area contributed by atoms with Crippen molar-refractivity contribution in [2.45, 2.75) is 0 Å². The molecule has 4 aromatic carbocycles. The average molecular weight is 370 g/mol. The molecule has 4 rings (SSSR count). The zero-order valence-electron chi connectivity index (χ0n) is 14.6. The average Bonchev–Trinajstić information content (AvgIpc) is 2.73. The minimum Gasteiger partial charge on any atom is -0.258 e. The van der Waals surface area contributed by atoms with Gasteiger partial charge in [-0.25, -0.2) is 0 Å². The molecule has 136 valence electrons. The van der Waals surface area contributed by atoms with Crippen LogP contribution in [0.4, 0.5) is 11.4 Å². The van der Waals surface area contributed by atoms with Gasteiger partial charge in [0.1, 0.15) is 0 Å². The molecule has 6 nitrogen and oxygen atoms in total. The highest BCUT2D eigenvalue weighted by Gasteiger charge is 2.16. The number of rotatable bonds is 4. The van der Waals surface area contributed by atoms with Crippen molar-refractivity contribution in [1.29, 1.82) is 0 Å². The summed E-state index contributed by atoms with van der Waals surface area (Å²) in [6.45, 7) is 0. The van der Waals surface area contributed by atoms with Crippen LogP contribution in [0.3, 0.4) is 0 Å². The fourth-order valence-electron chi connectivity index (χ4n) is 3.33. The molecule has 0 aliphatic carbocycles. The van der Waals surface area contributed by atoms with E-state index in [4.69, 9.17) is 0 Å². The van der Waals surface area contributed by atoms with Gasteiger partial charge in [0.2, 0.25) is 0 Å². The molecule has 0 fully saturated rings. The fourth-order valence-corrected chi connectivity index (χ4v) is 3.33. The molecular formula is C22H14N2O4. The Morgan fingerprint density at radius 1 is 0.536 bits per heavy atom. The molecule has 0 aliphatic rings. The van der Waals surface area contributed by atoms with Crippen LogP contribution in [0.15, 0.2) is 84.9 Å². The van der Waals surface area contributed by atoms with Crippen LogP contribution >= 0.6 is 0 Å². The zero-order chi connectivity index (χ0) is 19.7. The molecule has 0 aromatic heterocycles. The van der Waals surface area contributed by atoms with Crippen LogP contribution < -0.4 is 0 Å². The molecule has 4 aromatic rings. The van der Waals surface area contributed by atoms with Crippen LogP contribution in [0.1, 0.15) is 0 Å². The van der Waals surface area contributed by atoms with Crippen LogP contribution in [0.2, 0.25) is 0 Å². The Hall–Kier alpha value is -4.06. The smallest absolute Gasteiger partial charge is 0.258 e. The summed E-state index contributed by atoms with van der Waals surface area (Å²) in [5, 5.41) is 24.4. The van der Waals surface area contributed by atoms with E-state index >= 15 is 0 Å². The summed E-state index contributed by atoms with van der Waals surface area (Å²) in [7, 11) is 0. The highest BCUT2D eigenvalue weighted by molar-refractivity contribution is 5.92. The second-order valence-electron chi connectivity index (χ2n) is 6.33. The van der Waals surface area contributed by atoms with E-state index in [9.17, 15) is 20.2 Å². The number of nitro groups is 2. The zero-order valence-corrected chi connectivity index (χ0v) is 14.6. The monoisotopic (exact) mass is 370 g/mol. The lowest BCUT2D eigenvalue weighted by atomic mass is 9.96. The van der Waals surface area contributed by atoms with Crippen molar-refractivity contribution in [3.05, 3.63) is 105 Å². The van der Waals surface area contributed by atoms with Crippen LogP contribution in [0.5, 0.6) is 0 Å². The van der Waals surface area contributed by atoms with Gasteiger partial charge in [0, 0.05) is 12.1 Å². The maximum atomic E-state index is 11.3. The first-order valence-corrected chi connectivity index (χ1v) is 8.56. The van der Waals surface area contributed by atoms with Crippen LogP contribution in [0, 0.1) is 20.2 Å². The Kier molecular flexibility index (Phi) is 4.29.